The number of hydrogen-bond donors (Lipinski definition) is 0. The fraction of sp³-hybridized carbons (Fsp3) is 0.333. The predicted octanol–water partition coefficient (Wildman–Crippen LogP) is 3.22. The van der Waals surface area contributed by atoms with Crippen molar-refractivity contribution in [2.75, 3.05) is 0 Å². The maximum Gasteiger partial charge on any atom is 0.0162 e. The lowest BCUT2D eigenvalue weighted by Gasteiger charge is -2.04. The maximum atomic E-state index is 2.37. The monoisotopic (exact) mass is 246 g/mol. The Morgan fingerprint density at radius 1 is 1.00 bits per heavy atom. The van der Waals surface area contributed by atoms with Crippen LogP contribution in [-0.4, -0.2) is 0 Å². The molecule has 0 saturated carbocycles. The summed E-state index contributed by atoms with van der Waals surface area (Å²) in [6, 6.07) is 4.34. The van der Waals surface area contributed by atoms with E-state index in [-0.39, 0.29) is 0 Å². The molecule has 0 amide bonds. The van der Waals surface area contributed by atoms with Crippen LogP contribution in [0.5, 0.6) is 0 Å². The zero-order valence-electron chi connectivity index (χ0n) is 6.53. The zero-order valence-corrected chi connectivity index (χ0v) is 8.69. The van der Waals surface area contributed by atoms with Crippen molar-refractivity contribution in [2.45, 2.75) is 20.8 Å². The van der Waals surface area contributed by atoms with Crippen LogP contribution in [0.15, 0.2) is 12.1 Å². The summed E-state index contributed by atoms with van der Waals surface area (Å²) in [7, 11) is 0. The van der Waals surface area contributed by atoms with Crippen LogP contribution in [0.1, 0.15) is 16.7 Å². The molecular weight excluding hydrogens is 235 g/mol. The molecule has 10 heavy (non-hydrogen) atoms. The molecule has 1 heteroatoms. The van der Waals surface area contributed by atoms with Crippen molar-refractivity contribution >= 4 is 22.6 Å². The quantitative estimate of drug-likeness (QED) is 0.616. The number of benzene rings is 1. The molecule has 0 spiro atoms. The van der Waals surface area contributed by atoms with Crippen molar-refractivity contribution in [3.63, 3.8) is 0 Å². The molecule has 0 unspecified atom stereocenters. The van der Waals surface area contributed by atoms with Crippen LogP contribution in [0.2, 0.25) is 0 Å². The first-order chi connectivity index (χ1) is 4.63. The van der Waals surface area contributed by atoms with Gasteiger partial charge in [-0.2, -0.15) is 0 Å². The van der Waals surface area contributed by atoms with E-state index >= 15 is 0 Å². The molecule has 0 heterocycles. The fourth-order valence-corrected chi connectivity index (χ4v) is 1.51. The second-order valence-corrected chi connectivity index (χ2v) is 3.78. The van der Waals surface area contributed by atoms with Crippen LogP contribution in [0.4, 0.5) is 0 Å². The highest BCUT2D eigenvalue weighted by molar-refractivity contribution is 14.1. The molecule has 1 aromatic carbocycles. The van der Waals surface area contributed by atoms with Gasteiger partial charge in [-0.1, -0.05) is 6.07 Å². The van der Waals surface area contributed by atoms with Gasteiger partial charge >= 0.3 is 0 Å². The SMILES string of the molecule is Cc1ccc(I)c(C)c1C. The molecule has 0 bridgehead atoms. The van der Waals surface area contributed by atoms with Crippen molar-refractivity contribution in [1.29, 1.82) is 0 Å². The van der Waals surface area contributed by atoms with Gasteiger partial charge in [-0.05, 0) is 66.1 Å². The van der Waals surface area contributed by atoms with Crippen LogP contribution in [0.3, 0.4) is 0 Å². The smallest absolute Gasteiger partial charge is 0.0162 e. The van der Waals surface area contributed by atoms with Gasteiger partial charge in [0.05, 0.1) is 0 Å². The molecule has 0 aliphatic carbocycles. The summed E-state index contributed by atoms with van der Waals surface area (Å²) in [5, 5.41) is 0. The average molecular weight is 246 g/mol. The van der Waals surface area contributed by atoms with E-state index in [1.54, 1.807) is 0 Å². The van der Waals surface area contributed by atoms with Gasteiger partial charge in [0.15, 0.2) is 0 Å². The van der Waals surface area contributed by atoms with Crippen LogP contribution in [0.25, 0.3) is 0 Å². The molecule has 0 radical (unpaired) electrons. The van der Waals surface area contributed by atoms with Crippen LogP contribution >= 0.6 is 22.6 Å². The molecule has 0 aromatic heterocycles. The van der Waals surface area contributed by atoms with E-state index in [1.807, 2.05) is 0 Å². The Morgan fingerprint density at radius 3 is 2.10 bits per heavy atom. The van der Waals surface area contributed by atoms with Crippen molar-refractivity contribution < 1.29 is 0 Å². The summed E-state index contributed by atoms with van der Waals surface area (Å²) in [5.41, 5.74) is 4.23. The van der Waals surface area contributed by atoms with Crippen molar-refractivity contribution in [1.82, 2.24) is 0 Å². The third kappa shape index (κ3) is 1.34. The molecule has 0 atom stereocenters. The fourth-order valence-electron chi connectivity index (χ4n) is 0.923. The predicted molar refractivity (Wildman–Crippen MR) is 53.4 cm³/mol. The van der Waals surface area contributed by atoms with Gasteiger partial charge in [-0.15, -0.1) is 0 Å². The third-order valence-electron chi connectivity index (χ3n) is 1.99. The molecule has 0 N–H and O–H groups in total. The molecule has 0 aliphatic rings. The Balaban J connectivity index is 3.34. The lowest BCUT2D eigenvalue weighted by Crippen LogP contribution is -1.88. The van der Waals surface area contributed by atoms with E-state index in [0.29, 0.717) is 0 Å². The highest BCUT2D eigenvalue weighted by atomic mass is 127. The summed E-state index contributed by atoms with van der Waals surface area (Å²) in [5.74, 6) is 0. The summed E-state index contributed by atoms with van der Waals surface area (Å²) in [6.07, 6.45) is 0. The highest BCUT2D eigenvalue weighted by Gasteiger charge is 1.98. The Hall–Kier alpha value is -0.0500. The Kier molecular flexibility index (Phi) is 2.34. The van der Waals surface area contributed by atoms with E-state index in [9.17, 15) is 0 Å². The second kappa shape index (κ2) is 2.91. The second-order valence-electron chi connectivity index (χ2n) is 2.61. The van der Waals surface area contributed by atoms with Gasteiger partial charge in [0.1, 0.15) is 0 Å². The molecular formula is C9H11I. The minimum Gasteiger partial charge on any atom is -0.0580 e. The topological polar surface area (TPSA) is 0 Å². The van der Waals surface area contributed by atoms with Crippen molar-refractivity contribution in [3.8, 4) is 0 Å². The molecule has 54 valence electrons. The highest BCUT2D eigenvalue weighted by Crippen LogP contribution is 2.17. The van der Waals surface area contributed by atoms with E-state index in [0.717, 1.165) is 0 Å². The number of aryl methyl sites for hydroxylation is 1. The lowest BCUT2D eigenvalue weighted by molar-refractivity contribution is 1.25. The maximum absolute atomic E-state index is 2.37. The molecule has 1 aromatic rings. The normalized spacial score (nSPS) is 10.0. The van der Waals surface area contributed by atoms with Gasteiger partial charge in [-0.3, -0.25) is 0 Å². The molecule has 0 saturated heterocycles. The van der Waals surface area contributed by atoms with Crippen molar-refractivity contribution in [2.24, 2.45) is 0 Å². The summed E-state index contributed by atoms with van der Waals surface area (Å²) in [4.78, 5) is 0. The van der Waals surface area contributed by atoms with E-state index in [2.05, 4.69) is 55.5 Å². The Bertz CT molecular complexity index is 224. The van der Waals surface area contributed by atoms with Crippen molar-refractivity contribution in [3.05, 3.63) is 32.4 Å². The largest absolute Gasteiger partial charge is 0.0580 e. The van der Waals surface area contributed by atoms with E-state index < -0.39 is 0 Å². The van der Waals surface area contributed by atoms with Gasteiger partial charge in [0, 0.05) is 3.57 Å². The van der Waals surface area contributed by atoms with Crippen LogP contribution in [-0.2, 0) is 0 Å². The first-order valence-corrected chi connectivity index (χ1v) is 4.43. The van der Waals surface area contributed by atoms with Crippen LogP contribution in [0, 0.1) is 24.3 Å². The third-order valence-corrected chi connectivity index (χ3v) is 3.16. The van der Waals surface area contributed by atoms with E-state index in [1.165, 1.54) is 20.3 Å². The van der Waals surface area contributed by atoms with Gasteiger partial charge in [0.2, 0.25) is 0 Å². The number of rotatable bonds is 0. The molecule has 0 nitrogen and oxygen atoms in total. The summed E-state index contributed by atoms with van der Waals surface area (Å²) >= 11 is 2.37. The minimum absolute atomic E-state index is 1.36. The van der Waals surface area contributed by atoms with Crippen LogP contribution < -0.4 is 0 Å². The van der Waals surface area contributed by atoms with Gasteiger partial charge in [0.25, 0.3) is 0 Å². The minimum atomic E-state index is 1.36. The first-order valence-electron chi connectivity index (χ1n) is 3.35. The zero-order chi connectivity index (χ0) is 7.72. The Morgan fingerprint density at radius 2 is 1.60 bits per heavy atom. The molecule has 0 aliphatic heterocycles. The first kappa shape index (κ1) is 8.05. The van der Waals surface area contributed by atoms with E-state index in [4.69, 9.17) is 0 Å². The number of halogens is 1. The summed E-state index contributed by atoms with van der Waals surface area (Å²) < 4.78 is 1.36. The molecule has 0 fully saturated rings. The Labute approximate surface area is 75.8 Å². The lowest BCUT2D eigenvalue weighted by atomic mass is 10.1. The number of hydrogen-bond acceptors (Lipinski definition) is 0. The average Bonchev–Trinajstić information content (AvgIpc) is 1.93. The van der Waals surface area contributed by atoms with Gasteiger partial charge in [-0.25, -0.2) is 0 Å². The standard InChI is InChI=1S/C9H11I/c1-6-4-5-9(10)8(3)7(6)2/h4-5H,1-3H3. The molecule has 1 rings (SSSR count). The summed E-state index contributed by atoms with van der Waals surface area (Å²) in [6.45, 7) is 6.50. The van der Waals surface area contributed by atoms with Gasteiger partial charge < -0.3 is 0 Å².